The molecule has 2 aromatic carbocycles. The molecular weight excluding hydrogens is 400 g/mol. The number of halogens is 1. The normalized spacial score (nSPS) is 11.6. The molecule has 152 valence electrons. The van der Waals surface area contributed by atoms with Gasteiger partial charge < -0.3 is 10.4 Å². The molecule has 0 aliphatic heterocycles. The highest BCUT2D eigenvalue weighted by molar-refractivity contribution is 7.89. The van der Waals surface area contributed by atoms with Gasteiger partial charge in [0.15, 0.2) is 0 Å². The van der Waals surface area contributed by atoms with Gasteiger partial charge in [0.05, 0.1) is 18.0 Å². The zero-order chi connectivity index (χ0) is 20.9. The fourth-order valence-corrected chi connectivity index (χ4v) is 5.06. The van der Waals surface area contributed by atoms with Gasteiger partial charge in [-0.05, 0) is 49.6 Å². The molecule has 1 amide bonds. The summed E-state index contributed by atoms with van der Waals surface area (Å²) >= 11 is 5.91. The molecule has 0 radical (unpaired) electrons. The van der Waals surface area contributed by atoms with Gasteiger partial charge in [0.2, 0.25) is 15.9 Å². The third-order valence-electron chi connectivity index (χ3n) is 4.23. The summed E-state index contributed by atoms with van der Waals surface area (Å²) in [5, 5.41) is 11.9. The van der Waals surface area contributed by atoms with Crippen molar-refractivity contribution in [1.29, 1.82) is 0 Å². The molecule has 0 spiro atoms. The zero-order valence-electron chi connectivity index (χ0n) is 16.2. The lowest BCUT2D eigenvalue weighted by molar-refractivity contribution is -0.121. The number of amides is 1. The number of rotatable bonds is 8. The van der Waals surface area contributed by atoms with Crippen LogP contribution < -0.4 is 5.32 Å². The third-order valence-corrected chi connectivity index (χ3v) is 6.58. The van der Waals surface area contributed by atoms with E-state index in [1.54, 1.807) is 38.1 Å². The molecule has 0 aliphatic carbocycles. The second kappa shape index (κ2) is 9.52. The number of hydrogen-bond acceptors (Lipinski definition) is 4. The topological polar surface area (TPSA) is 86.7 Å². The van der Waals surface area contributed by atoms with Gasteiger partial charge in [0, 0.05) is 18.1 Å². The van der Waals surface area contributed by atoms with Crippen LogP contribution in [0.3, 0.4) is 0 Å². The van der Waals surface area contributed by atoms with Gasteiger partial charge in [-0.3, -0.25) is 4.79 Å². The van der Waals surface area contributed by atoms with Crippen LogP contribution in [0.4, 0.5) is 0 Å². The van der Waals surface area contributed by atoms with Crippen LogP contribution in [0.5, 0.6) is 0 Å². The van der Waals surface area contributed by atoms with Crippen molar-refractivity contribution in [1.82, 2.24) is 9.62 Å². The molecule has 28 heavy (non-hydrogen) atoms. The summed E-state index contributed by atoms with van der Waals surface area (Å²) in [5.41, 5.74) is 2.95. The molecule has 0 fully saturated rings. The monoisotopic (exact) mass is 424 g/mol. The Hall–Kier alpha value is -1.93. The van der Waals surface area contributed by atoms with E-state index in [-0.39, 0.29) is 31.1 Å². The van der Waals surface area contributed by atoms with Crippen molar-refractivity contribution >= 4 is 27.5 Å². The van der Waals surface area contributed by atoms with Gasteiger partial charge in [-0.15, -0.1) is 0 Å². The second-order valence-electron chi connectivity index (χ2n) is 6.70. The average Bonchev–Trinajstić information content (AvgIpc) is 2.60. The fourth-order valence-electron chi connectivity index (χ4n) is 3.13. The number of nitrogens with one attached hydrogen (secondary N) is 1. The molecule has 2 aromatic rings. The average molecular weight is 425 g/mol. The quantitative estimate of drug-likeness (QED) is 0.681. The van der Waals surface area contributed by atoms with Crippen molar-refractivity contribution in [3.8, 4) is 0 Å². The Bertz CT molecular complexity index is 920. The van der Waals surface area contributed by atoms with Crippen molar-refractivity contribution < 1.29 is 18.3 Å². The Labute approximate surface area is 171 Å². The molecule has 2 rings (SSSR count). The van der Waals surface area contributed by atoms with Crippen molar-refractivity contribution in [3.05, 3.63) is 63.7 Å². The summed E-state index contributed by atoms with van der Waals surface area (Å²) in [6, 6.07) is 10.4. The molecule has 0 bridgehead atoms. The maximum atomic E-state index is 13.4. The minimum absolute atomic E-state index is 0.0266. The van der Waals surface area contributed by atoms with Gasteiger partial charge in [0.25, 0.3) is 0 Å². The molecule has 0 aromatic heterocycles. The Morgan fingerprint density at radius 2 is 1.68 bits per heavy atom. The minimum atomic E-state index is -3.93. The van der Waals surface area contributed by atoms with Crippen molar-refractivity contribution in [2.75, 3.05) is 19.7 Å². The Balaban J connectivity index is 2.44. The highest BCUT2D eigenvalue weighted by Gasteiger charge is 2.29. The highest BCUT2D eigenvalue weighted by Crippen LogP contribution is 2.26. The number of carbonyl (C=O) groups is 1. The van der Waals surface area contributed by atoms with Crippen molar-refractivity contribution in [2.24, 2.45) is 0 Å². The van der Waals surface area contributed by atoms with Crippen LogP contribution in [0.15, 0.2) is 41.3 Å². The predicted molar refractivity (Wildman–Crippen MR) is 110 cm³/mol. The van der Waals surface area contributed by atoms with Crippen LogP contribution in [0.1, 0.15) is 22.3 Å². The first-order valence-corrected chi connectivity index (χ1v) is 10.7. The van der Waals surface area contributed by atoms with E-state index in [0.717, 1.165) is 9.87 Å². The molecule has 0 unspecified atom stereocenters. The highest BCUT2D eigenvalue weighted by atomic mass is 35.5. The van der Waals surface area contributed by atoms with E-state index in [4.69, 9.17) is 16.7 Å². The van der Waals surface area contributed by atoms with E-state index in [1.807, 2.05) is 19.1 Å². The van der Waals surface area contributed by atoms with Crippen LogP contribution in [0.2, 0.25) is 5.02 Å². The summed E-state index contributed by atoms with van der Waals surface area (Å²) in [5.74, 6) is -0.478. The number of aliphatic hydroxyl groups is 1. The van der Waals surface area contributed by atoms with Crippen LogP contribution in [0.25, 0.3) is 0 Å². The number of nitrogens with zero attached hydrogens (tertiary/aromatic N) is 1. The van der Waals surface area contributed by atoms with Gasteiger partial charge in [0.1, 0.15) is 0 Å². The molecule has 0 atom stereocenters. The maximum absolute atomic E-state index is 13.4. The standard InChI is InChI=1S/C20H25ClN2O4S/c1-14-10-15(2)20(16(3)11-14)28(26,27)23(13-19(25)22-8-9-24)12-17-4-6-18(21)7-5-17/h4-7,10-11,24H,8-9,12-13H2,1-3H3,(H,22,25). The molecule has 0 aliphatic rings. The van der Waals surface area contributed by atoms with E-state index in [2.05, 4.69) is 5.32 Å². The van der Waals surface area contributed by atoms with Crippen LogP contribution in [-0.4, -0.2) is 43.4 Å². The van der Waals surface area contributed by atoms with Gasteiger partial charge in [-0.25, -0.2) is 8.42 Å². The van der Waals surface area contributed by atoms with Gasteiger partial charge in [-0.2, -0.15) is 4.31 Å². The maximum Gasteiger partial charge on any atom is 0.244 e. The Morgan fingerprint density at radius 3 is 2.21 bits per heavy atom. The number of hydrogen-bond donors (Lipinski definition) is 2. The third kappa shape index (κ3) is 5.54. The predicted octanol–water partition coefficient (Wildman–Crippen LogP) is 2.56. The molecule has 6 nitrogen and oxygen atoms in total. The summed E-state index contributed by atoms with van der Waals surface area (Å²) in [4.78, 5) is 12.4. The van der Waals surface area contributed by atoms with Crippen LogP contribution in [-0.2, 0) is 21.4 Å². The van der Waals surface area contributed by atoms with Gasteiger partial charge in [-0.1, -0.05) is 41.4 Å². The van der Waals surface area contributed by atoms with E-state index in [9.17, 15) is 13.2 Å². The Kier molecular flexibility index (Phi) is 7.60. The number of aryl methyl sites for hydroxylation is 3. The first-order valence-electron chi connectivity index (χ1n) is 8.85. The second-order valence-corrected chi connectivity index (χ2v) is 9.01. The number of benzene rings is 2. The summed E-state index contributed by atoms with van der Waals surface area (Å²) in [7, 11) is -3.93. The lowest BCUT2D eigenvalue weighted by Gasteiger charge is -2.24. The zero-order valence-corrected chi connectivity index (χ0v) is 17.8. The SMILES string of the molecule is Cc1cc(C)c(S(=O)(=O)N(CC(=O)NCCO)Cc2ccc(Cl)cc2)c(C)c1. The number of carbonyl (C=O) groups excluding carboxylic acids is 1. The minimum Gasteiger partial charge on any atom is -0.395 e. The lowest BCUT2D eigenvalue weighted by atomic mass is 10.1. The van der Waals surface area contributed by atoms with Crippen molar-refractivity contribution in [2.45, 2.75) is 32.2 Å². The van der Waals surface area contributed by atoms with Crippen molar-refractivity contribution in [3.63, 3.8) is 0 Å². The van der Waals surface area contributed by atoms with Crippen LogP contribution in [0, 0.1) is 20.8 Å². The van der Waals surface area contributed by atoms with E-state index >= 15 is 0 Å². The molecule has 0 saturated carbocycles. The lowest BCUT2D eigenvalue weighted by Crippen LogP contribution is -2.41. The summed E-state index contributed by atoms with van der Waals surface area (Å²) < 4.78 is 28.0. The number of sulfonamides is 1. The van der Waals surface area contributed by atoms with Crippen LogP contribution >= 0.6 is 11.6 Å². The van der Waals surface area contributed by atoms with E-state index in [1.165, 1.54) is 0 Å². The number of aliphatic hydroxyl groups excluding tert-OH is 1. The first kappa shape index (κ1) is 22.4. The first-order chi connectivity index (χ1) is 13.1. The Morgan fingerprint density at radius 1 is 1.11 bits per heavy atom. The molecule has 0 heterocycles. The van der Waals surface area contributed by atoms with E-state index in [0.29, 0.717) is 21.7 Å². The van der Waals surface area contributed by atoms with Gasteiger partial charge >= 0.3 is 0 Å². The summed E-state index contributed by atoms with van der Waals surface area (Å²) in [6.45, 7) is 4.93. The fraction of sp³-hybridized carbons (Fsp3) is 0.350. The molecule has 0 saturated heterocycles. The smallest absolute Gasteiger partial charge is 0.244 e. The molecule has 8 heteroatoms. The summed E-state index contributed by atoms with van der Waals surface area (Å²) in [6.07, 6.45) is 0. The molecular formula is C20H25ClN2O4S. The van der Waals surface area contributed by atoms with E-state index < -0.39 is 15.9 Å². The molecule has 2 N–H and O–H groups in total. The largest absolute Gasteiger partial charge is 0.395 e.